The van der Waals surface area contributed by atoms with Gasteiger partial charge in [-0.05, 0) is 68.6 Å². The van der Waals surface area contributed by atoms with E-state index in [4.69, 9.17) is 38.4 Å². The molecule has 0 fully saturated rings. The summed E-state index contributed by atoms with van der Waals surface area (Å²) in [7, 11) is 0. The zero-order valence-electron chi connectivity index (χ0n) is 16.0. The molecule has 2 heterocycles. The number of benzene rings is 2. The lowest BCUT2D eigenvalue weighted by Gasteiger charge is -2.24. The SMILES string of the molecule is Cc1[nH]nc2c1[C@H](c1cc(Br)c(OCc3ccc(Cl)cc3Cl)c(Br)c1)C(C#N)=C(N)O2. The number of halogens is 4. The summed E-state index contributed by atoms with van der Waals surface area (Å²) in [5.41, 5.74) is 9.51. The third-order valence-electron chi connectivity index (χ3n) is 4.87. The molecule has 1 aliphatic rings. The quantitative estimate of drug-likeness (QED) is 0.373. The van der Waals surface area contributed by atoms with Crippen LogP contribution >= 0.6 is 55.1 Å². The van der Waals surface area contributed by atoms with E-state index in [0.29, 0.717) is 36.2 Å². The van der Waals surface area contributed by atoms with Gasteiger partial charge < -0.3 is 15.2 Å². The van der Waals surface area contributed by atoms with Crippen LogP contribution in [-0.4, -0.2) is 10.2 Å². The lowest BCUT2D eigenvalue weighted by molar-refractivity contribution is 0.302. The van der Waals surface area contributed by atoms with Crippen molar-refractivity contribution in [1.82, 2.24) is 10.2 Å². The number of nitrogens with zero attached hydrogens (tertiary/aromatic N) is 2. The average molecular weight is 585 g/mol. The molecule has 0 unspecified atom stereocenters. The van der Waals surface area contributed by atoms with E-state index in [1.54, 1.807) is 12.1 Å². The van der Waals surface area contributed by atoms with Gasteiger partial charge in [-0.25, -0.2) is 0 Å². The van der Waals surface area contributed by atoms with E-state index in [1.165, 1.54) is 0 Å². The van der Waals surface area contributed by atoms with E-state index in [0.717, 1.165) is 22.4 Å². The second-order valence-electron chi connectivity index (χ2n) is 6.83. The number of hydrogen-bond acceptors (Lipinski definition) is 5. The lowest BCUT2D eigenvalue weighted by atomic mass is 9.84. The zero-order chi connectivity index (χ0) is 22.3. The topological polar surface area (TPSA) is 97.0 Å². The van der Waals surface area contributed by atoms with Crippen LogP contribution < -0.4 is 15.2 Å². The molecule has 31 heavy (non-hydrogen) atoms. The smallest absolute Gasteiger partial charge is 0.244 e. The van der Waals surface area contributed by atoms with Crippen LogP contribution in [0, 0.1) is 18.3 Å². The van der Waals surface area contributed by atoms with E-state index in [2.05, 4.69) is 48.1 Å². The van der Waals surface area contributed by atoms with Crippen LogP contribution in [0.25, 0.3) is 0 Å². The molecule has 2 aromatic carbocycles. The highest BCUT2D eigenvalue weighted by Gasteiger charge is 2.34. The van der Waals surface area contributed by atoms with Crippen molar-refractivity contribution < 1.29 is 9.47 Å². The minimum Gasteiger partial charge on any atom is -0.486 e. The van der Waals surface area contributed by atoms with Gasteiger partial charge in [-0.15, -0.1) is 5.10 Å². The standard InChI is InChI=1S/C21H14Br2Cl2N4O2/c1-9-17-18(13(7-26)20(27)31-21(17)29-28-9)11-4-14(22)19(15(23)5-11)30-8-10-2-3-12(24)6-16(10)25/h2-6,18H,8,27H2,1H3,(H,28,29)/t18-/m1/s1. The number of aromatic amines is 1. The van der Waals surface area contributed by atoms with E-state index in [9.17, 15) is 5.26 Å². The maximum Gasteiger partial charge on any atom is 0.244 e. The first-order chi connectivity index (χ1) is 14.8. The van der Waals surface area contributed by atoms with Crippen molar-refractivity contribution in [2.45, 2.75) is 19.4 Å². The third kappa shape index (κ3) is 4.15. The second-order valence-corrected chi connectivity index (χ2v) is 9.38. The Kier molecular flexibility index (Phi) is 6.22. The first-order valence-corrected chi connectivity index (χ1v) is 11.3. The van der Waals surface area contributed by atoms with Gasteiger partial charge in [0.1, 0.15) is 24.0 Å². The number of aryl methyl sites for hydroxylation is 1. The summed E-state index contributed by atoms with van der Waals surface area (Å²) in [5.74, 6) is 0.571. The molecule has 0 spiro atoms. The molecular formula is C21H14Br2Cl2N4O2. The number of nitrogens with two attached hydrogens (primary N) is 1. The normalized spacial score (nSPS) is 15.3. The van der Waals surface area contributed by atoms with Gasteiger partial charge in [-0.2, -0.15) is 5.26 Å². The minimum absolute atomic E-state index is 0.0384. The largest absolute Gasteiger partial charge is 0.486 e. The molecule has 1 aliphatic heterocycles. The van der Waals surface area contributed by atoms with Crippen LogP contribution in [0.4, 0.5) is 0 Å². The Labute approximate surface area is 205 Å². The van der Waals surface area contributed by atoms with Gasteiger partial charge in [-0.3, -0.25) is 5.10 Å². The Bertz CT molecular complexity index is 1240. The first-order valence-electron chi connectivity index (χ1n) is 8.98. The van der Waals surface area contributed by atoms with Gasteiger partial charge in [0.05, 0.1) is 14.9 Å². The molecule has 0 amide bonds. The summed E-state index contributed by atoms with van der Waals surface area (Å²) in [6, 6.07) is 11.2. The van der Waals surface area contributed by atoms with Gasteiger partial charge in [0.2, 0.25) is 11.8 Å². The lowest BCUT2D eigenvalue weighted by Crippen LogP contribution is -2.21. The average Bonchev–Trinajstić information content (AvgIpc) is 3.07. The Morgan fingerprint density at radius 3 is 2.61 bits per heavy atom. The summed E-state index contributed by atoms with van der Waals surface area (Å²) >= 11 is 19.4. The molecule has 0 aliphatic carbocycles. The molecule has 0 saturated carbocycles. The molecule has 1 atom stereocenters. The molecular weight excluding hydrogens is 571 g/mol. The number of hydrogen-bond donors (Lipinski definition) is 2. The van der Waals surface area contributed by atoms with Crippen molar-refractivity contribution >= 4 is 55.1 Å². The molecule has 10 heteroatoms. The van der Waals surface area contributed by atoms with Gasteiger partial charge >= 0.3 is 0 Å². The van der Waals surface area contributed by atoms with Crippen LogP contribution in [-0.2, 0) is 6.61 Å². The van der Waals surface area contributed by atoms with Gasteiger partial charge in [-0.1, -0.05) is 29.3 Å². The molecule has 0 bridgehead atoms. The highest BCUT2D eigenvalue weighted by molar-refractivity contribution is 9.11. The van der Waals surface area contributed by atoms with Crippen molar-refractivity contribution in [3.8, 4) is 17.7 Å². The van der Waals surface area contributed by atoms with Gasteiger partial charge in [0, 0.05) is 26.9 Å². The Morgan fingerprint density at radius 1 is 1.26 bits per heavy atom. The van der Waals surface area contributed by atoms with Crippen LogP contribution in [0.1, 0.15) is 28.3 Å². The molecule has 0 saturated heterocycles. The highest BCUT2D eigenvalue weighted by Crippen LogP contribution is 2.46. The molecule has 3 N–H and O–H groups in total. The molecule has 0 radical (unpaired) electrons. The molecule has 6 nitrogen and oxygen atoms in total. The van der Waals surface area contributed by atoms with E-state index >= 15 is 0 Å². The Morgan fingerprint density at radius 2 is 1.97 bits per heavy atom. The number of nitriles is 1. The predicted molar refractivity (Wildman–Crippen MR) is 125 cm³/mol. The van der Waals surface area contributed by atoms with Crippen molar-refractivity contribution in [2.75, 3.05) is 0 Å². The maximum atomic E-state index is 9.73. The van der Waals surface area contributed by atoms with Crippen LogP contribution in [0.3, 0.4) is 0 Å². The summed E-state index contributed by atoms with van der Waals surface area (Å²) in [4.78, 5) is 0. The summed E-state index contributed by atoms with van der Waals surface area (Å²) in [5, 5.41) is 17.9. The number of allylic oxidation sites excluding steroid dienone is 1. The Balaban J connectivity index is 1.70. The van der Waals surface area contributed by atoms with Crippen LogP contribution in [0.5, 0.6) is 11.6 Å². The fraction of sp³-hybridized carbons (Fsp3) is 0.143. The summed E-state index contributed by atoms with van der Waals surface area (Å²) in [6.45, 7) is 2.13. The van der Waals surface area contributed by atoms with Crippen molar-refractivity contribution in [3.63, 3.8) is 0 Å². The number of aromatic nitrogens is 2. The fourth-order valence-electron chi connectivity index (χ4n) is 3.40. The maximum absolute atomic E-state index is 9.73. The predicted octanol–water partition coefficient (Wildman–Crippen LogP) is 6.35. The fourth-order valence-corrected chi connectivity index (χ4v) is 5.32. The third-order valence-corrected chi connectivity index (χ3v) is 6.64. The van der Waals surface area contributed by atoms with Crippen molar-refractivity contribution in [3.05, 3.63) is 83.2 Å². The van der Waals surface area contributed by atoms with Crippen molar-refractivity contribution in [1.29, 1.82) is 5.26 Å². The Hall–Kier alpha value is -2.18. The highest BCUT2D eigenvalue weighted by atomic mass is 79.9. The van der Waals surface area contributed by atoms with Crippen LogP contribution in [0.15, 0.2) is 50.7 Å². The number of ether oxygens (including phenoxy) is 2. The zero-order valence-corrected chi connectivity index (χ0v) is 20.7. The monoisotopic (exact) mass is 582 g/mol. The first kappa shape index (κ1) is 22.0. The van der Waals surface area contributed by atoms with E-state index in [-0.39, 0.29) is 12.5 Å². The van der Waals surface area contributed by atoms with Gasteiger partial charge in [0.25, 0.3) is 0 Å². The van der Waals surface area contributed by atoms with E-state index < -0.39 is 5.92 Å². The number of fused-ring (bicyclic) bond motifs is 1. The summed E-state index contributed by atoms with van der Waals surface area (Å²) < 4.78 is 12.9. The van der Waals surface area contributed by atoms with Crippen molar-refractivity contribution in [2.24, 2.45) is 5.73 Å². The minimum atomic E-state index is -0.431. The van der Waals surface area contributed by atoms with Crippen LogP contribution in [0.2, 0.25) is 10.0 Å². The number of rotatable bonds is 4. The molecule has 158 valence electrons. The molecule has 1 aromatic heterocycles. The van der Waals surface area contributed by atoms with Gasteiger partial charge in [0.15, 0.2) is 0 Å². The summed E-state index contributed by atoms with van der Waals surface area (Å²) in [6.07, 6.45) is 0. The number of nitrogens with one attached hydrogen (secondary N) is 1. The molecule has 3 aromatic rings. The number of H-pyrrole nitrogens is 1. The molecule has 4 rings (SSSR count). The van der Waals surface area contributed by atoms with E-state index in [1.807, 2.05) is 25.1 Å². The second kappa shape index (κ2) is 8.75.